The van der Waals surface area contributed by atoms with Crippen LogP contribution in [0.25, 0.3) is 0 Å². The molecule has 0 N–H and O–H groups in total. The highest BCUT2D eigenvalue weighted by Gasteiger charge is 2.43. The van der Waals surface area contributed by atoms with Gasteiger partial charge in [-0.1, -0.05) is 0 Å². The standard InChI is InChI=1S/C15H15F5N6O3/c16-14(17)4-5-24(7-14)11(27)8-2-1-3-9-23-25(13(28)26(8)9)6-10-21-22-12(29-10)15(18,19)20/h8H,1-7H2/t8-/m0/s1. The Morgan fingerprint density at radius 2 is 2.03 bits per heavy atom. The lowest BCUT2D eigenvalue weighted by Gasteiger charge is -2.27. The summed E-state index contributed by atoms with van der Waals surface area (Å²) in [4.78, 5) is 26.5. The Balaban J connectivity index is 1.59. The quantitative estimate of drug-likeness (QED) is 0.691. The van der Waals surface area contributed by atoms with Crippen molar-refractivity contribution >= 4 is 5.91 Å². The number of rotatable bonds is 3. The Bertz CT molecular complexity index is 993. The van der Waals surface area contributed by atoms with Gasteiger partial charge in [0.15, 0.2) is 0 Å². The summed E-state index contributed by atoms with van der Waals surface area (Å²) in [5.74, 6) is -5.33. The molecule has 0 spiro atoms. The molecule has 9 nitrogen and oxygen atoms in total. The van der Waals surface area contributed by atoms with Crippen LogP contribution in [0.15, 0.2) is 9.21 Å². The van der Waals surface area contributed by atoms with Gasteiger partial charge >= 0.3 is 17.8 Å². The lowest BCUT2D eigenvalue weighted by molar-refractivity contribution is -0.157. The van der Waals surface area contributed by atoms with Gasteiger partial charge in [0.05, 0.1) is 6.54 Å². The van der Waals surface area contributed by atoms with Crippen LogP contribution in [0.5, 0.6) is 0 Å². The van der Waals surface area contributed by atoms with Crippen LogP contribution in [0.4, 0.5) is 22.0 Å². The minimum absolute atomic E-state index is 0.108. The molecule has 1 saturated heterocycles. The first-order valence-corrected chi connectivity index (χ1v) is 8.79. The number of fused-ring (bicyclic) bond motifs is 1. The Labute approximate surface area is 159 Å². The molecule has 4 rings (SSSR count). The maximum atomic E-state index is 13.4. The molecule has 1 fully saturated rings. The summed E-state index contributed by atoms with van der Waals surface area (Å²) < 4.78 is 71.0. The molecule has 2 aliphatic heterocycles. The number of likely N-dealkylation sites (tertiary alicyclic amines) is 1. The van der Waals surface area contributed by atoms with Gasteiger partial charge in [-0.2, -0.15) is 18.3 Å². The summed E-state index contributed by atoms with van der Waals surface area (Å²) >= 11 is 0. The summed E-state index contributed by atoms with van der Waals surface area (Å²) in [5.41, 5.74) is -0.754. The number of carbonyl (C=O) groups excluding carboxylic acids is 1. The molecule has 1 amide bonds. The number of nitrogens with zero attached hydrogens (tertiary/aromatic N) is 6. The molecule has 0 bridgehead atoms. The van der Waals surface area contributed by atoms with E-state index in [9.17, 15) is 31.5 Å². The minimum atomic E-state index is -4.82. The first kappa shape index (κ1) is 19.5. The van der Waals surface area contributed by atoms with Gasteiger partial charge in [0.2, 0.25) is 11.8 Å². The number of hydrogen-bond donors (Lipinski definition) is 0. The van der Waals surface area contributed by atoms with E-state index in [1.54, 1.807) is 0 Å². The van der Waals surface area contributed by atoms with Crippen LogP contribution in [0.1, 0.15) is 42.9 Å². The number of amides is 1. The minimum Gasteiger partial charge on any atom is -0.415 e. The van der Waals surface area contributed by atoms with Crippen molar-refractivity contribution in [2.75, 3.05) is 13.1 Å². The summed E-state index contributed by atoms with van der Waals surface area (Å²) in [6, 6.07) is -0.984. The maximum absolute atomic E-state index is 13.4. The number of aryl methyl sites for hydroxylation is 1. The first-order chi connectivity index (χ1) is 13.5. The van der Waals surface area contributed by atoms with E-state index in [1.807, 2.05) is 0 Å². The van der Waals surface area contributed by atoms with Gasteiger partial charge in [0.25, 0.3) is 5.92 Å². The number of halogens is 5. The van der Waals surface area contributed by atoms with Crippen LogP contribution in [0.3, 0.4) is 0 Å². The molecular weight excluding hydrogens is 407 g/mol. The zero-order valence-corrected chi connectivity index (χ0v) is 14.8. The number of carbonyl (C=O) groups is 1. The Kier molecular flexibility index (Phi) is 4.46. The average Bonchev–Trinajstić information content (AvgIpc) is 3.33. The van der Waals surface area contributed by atoms with Gasteiger partial charge in [0.1, 0.15) is 18.4 Å². The van der Waals surface area contributed by atoms with E-state index in [0.717, 1.165) is 14.1 Å². The molecule has 158 valence electrons. The van der Waals surface area contributed by atoms with E-state index in [1.165, 1.54) is 0 Å². The Hall–Kier alpha value is -2.80. The SMILES string of the molecule is O=C([C@@H]1CCCc2nn(Cc3nnc(C(F)(F)F)o3)c(=O)n21)N1CCC(F)(F)C1. The van der Waals surface area contributed by atoms with E-state index in [0.29, 0.717) is 12.8 Å². The largest absolute Gasteiger partial charge is 0.470 e. The number of hydrogen-bond acceptors (Lipinski definition) is 6. The zero-order valence-electron chi connectivity index (χ0n) is 14.8. The Morgan fingerprint density at radius 3 is 2.66 bits per heavy atom. The zero-order chi connectivity index (χ0) is 21.0. The fourth-order valence-corrected chi connectivity index (χ4v) is 3.56. The van der Waals surface area contributed by atoms with Gasteiger partial charge in [0, 0.05) is 19.4 Å². The highest BCUT2D eigenvalue weighted by Crippen LogP contribution is 2.31. The molecule has 1 atom stereocenters. The van der Waals surface area contributed by atoms with E-state index in [-0.39, 0.29) is 18.8 Å². The van der Waals surface area contributed by atoms with Crippen molar-refractivity contribution in [3.05, 3.63) is 28.1 Å². The molecule has 2 aromatic rings. The predicted molar refractivity (Wildman–Crippen MR) is 83.0 cm³/mol. The van der Waals surface area contributed by atoms with Crippen molar-refractivity contribution in [3.8, 4) is 0 Å². The second kappa shape index (κ2) is 6.62. The topological polar surface area (TPSA) is 99.0 Å². The molecule has 0 aliphatic carbocycles. The predicted octanol–water partition coefficient (Wildman–Crippen LogP) is 1.24. The van der Waals surface area contributed by atoms with Crippen LogP contribution >= 0.6 is 0 Å². The summed E-state index contributed by atoms with van der Waals surface area (Å²) in [6.07, 6.45) is -4.11. The highest BCUT2D eigenvalue weighted by atomic mass is 19.4. The van der Waals surface area contributed by atoms with Crippen molar-refractivity contribution < 1.29 is 31.2 Å². The van der Waals surface area contributed by atoms with Crippen LogP contribution in [-0.2, 0) is 23.9 Å². The fraction of sp³-hybridized carbons (Fsp3) is 0.667. The third-order valence-corrected chi connectivity index (χ3v) is 4.89. The lowest BCUT2D eigenvalue weighted by Crippen LogP contribution is -2.42. The van der Waals surface area contributed by atoms with E-state index in [4.69, 9.17) is 0 Å². The van der Waals surface area contributed by atoms with Gasteiger partial charge < -0.3 is 9.32 Å². The van der Waals surface area contributed by atoms with E-state index >= 15 is 0 Å². The molecule has 2 aliphatic rings. The van der Waals surface area contributed by atoms with Crippen molar-refractivity contribution in [1.29, 1.82) is 0 Å². The number of alkyl halides is 5. The van der Waals surface area contributed by atoms with Gasteiger partial charge in [-0.05, 0) is 12.8 Å². The normalized spacial score (nSPS) is 21.4. The van der Waals surface area contributed by atoms with Crippen LogP contribution in [-0.4, -0.2) is 54.4 Å². The van der Waals surface area contributed by atoms with Crippen LogP contribution in [0.2, 0.25) is 0 Å². The lowest BCUT2D eigenvalue weighted by atomic mass is 10.0. The van der Waals surface area contributed by atoms with E-state index in [2.05, 4.69) is 19.7 Å². The molecule has 4 heterocycles. The van der Waals surface area contributed by atoms with Crippen molar-refractivity contribution in [3.63, 3.8) is 0 Å². The molecule has 2 aromatic heterocycles. The molecule has 0 aromatic carbocycles. The molecule has 0 radical (unpaired) electrons. The highest BCUT2D eigenvalue weighted by molar-refractivity contribution is 5.81. The molecule has 0 unspecified atom stereocenters. The van der Waals surface area contributed by atoms with Gasteiger partial charge in [-0.3, -0.25) is 9.36 Å². The maximum Gasteiger partial charge on any atom is 0.470 e. The third kappa shape index (κ3) is 3.62. The molecular formula is C15H15F5N6O3. The summed E-state index contributed by atoms with van der Waals surface area (Å²) in [5, 5.41) is 10.2. The summed E-state index contributed by atoms with van der Waals surface area (Å²) in [6.45, 7) is -1.32. The van der Waals surface area contributed by atoms with E-state index < -0.39 is 61.0 Å². The Morgan fingerprint density at radius 1 is 1.28 bits per heavy atom. The van der Waals surface area contributed by atoms with Gasteiger partial charge in [-0.25, -0.2) is 18.3 Å². The molecule has 0 saturated carbocycles. The molecule has 14 heteroatoms. The van der Waals surface area contributed by atoms with Crippen molar-refractivity contribution in [1.82, 2.24) is 29.4 Å². The summed E-state index contributed by atoms with van der Waals surface area (Å²) in [7, 11) is 0. The fourth-order valence-electron chi connectivity index (χ4n) is 3.56. The first-order valence-electron chi connectivity index (χ1n) is 8.79. The van der Waals surface area contributed by atoms with Crippen molar-refractivity contribution in [2.24, 2.45) is 0 Å². The van der Waals surface area contributed by atoms with Crippen LogP contribution in [0, 0.1) is 0 Å². The monoisotopic (exact) mass is 422 g/mol. The average molecular weight is 422 g/mol. The van der Waals surface area contributed by atoms with Crippen molar-refractivity contribution in [2.45, 2.75) is 50.4 Å². The van der Waals surface area contributed by atoms with Crippen LogP contribution < -0.4 is 5.69 Å². The third-order valence-electron chi connectivity index (χ3n) is 4.89. The smallest absolute Gasteiger partial charge is 0.415 e. The second-order valence-electron chi connectivity index (χ2n) is 7.00. The van der Waals surface area contributed by atoms with Gasteiger partial charge in [-0.15, -0.1) is 10.2 Å². The number of aromatic nitrogens is 5. The second-order valence-corrected chi connectivity index (χ2v) is 7.00. The molecule has 29 heavy (non-hydrogen) atoms.